The first-order chi connectivity index (χ1) is 12.3. The zero-order valence-corrected chi connectivity index (χ0v) is 14.2. The van der Waals surface area contributed by atoms with E-state index in [2.05, 4.69) is 36.7 Å². The van der Waals surface area contributed by atoms with Crippen molar-refractivity contribution in [3.63, 3.8) is 0 Å². The van der Waals surface area contributed by atoms with Gasteiger partial charge in [-0.1, -0.05) is 22.9 Å². The average Bonchev–Trinajstić information content (AvgIpc) is 3.21. The Balaban J connectivity index is 1.29. The molecule has 0 atom stereocenters. The van der Waals surface area contributed by atoms with Crippen LogP contribution in [0.4, 0.5) is 0 Å². The van der Waals surface area contributed by atoms with Gasteiger partial charge in [-0.3, -0.25) is 4.90 Å². The number of nitrogens with zero attached hydrogens (tertiary/aromatic N) is 6. The van der Waals surface area contributed by atoms with Crippen molar-refractivity contribution in [1.29, 1.82) is 0 Å². The number of hydrogen-bond acceptors (Lipinski definition) is 6. The number of fused-ring (bicyclic) bond motifs is 1. The lowest BCUT2D eigenvalue weighted by Gasteiger charge is -2.26. The first kappa shape index (κ1) is 14.8. The summed E-state index contributed by atoms with van der Waals surface area (Å²) in [6.07, 6.45) is 2.51. The van der Waals surface area contributed by atoms with Crippen LogP contribution in [0, 0.1) is 6.92 Å². The van der Waals surface area contributed by atoms with E-state index in [-0.39, 0.29) is 0 Å². The van der Waals surface area contributed by atoms with Gasteiger partial charge in [0.25, 0.3) is 5.89 Å². The fourth-order valence-electron chi connectivity index (χ4n) is 3.34. The van der Waals surface area contributed by atoms with Gasteiger partial charge >= 0.3 is 0 Å². The molecule has 3 aromatic rings. The molecular weight excluding hydrogens is 316 g/mol. The van der Waals surface area contributed by atoms with E-state index in [1.165, 1.54) is 24.2 Å². The Kier molecular flexibility index (Phi) is 3.41. The lowest BCUT2D eigenvalue weighted by molar-refractivity contribution is 0.200. The van der Waals surface area contributed by atoms with E-state index >= 15 is 0 Å². The maximum atomic E-state index is 5.42. The predicted molar refractivity (Wildman–Crippen MR) is 90.6 cm³/mol. The normalized spacial score (nSPS) is 17.6. The number of benzene rings is 1. The van der Waals surface area contributed by atoms with Crippen LogP contribution in [-0.4, -0.2) is 36.3 Å². The summed E-state index contributed by atoms with van der Waals surface area (Å²) in [5.41, 5.74) is 2.17. The highest BCUT2D eigenvalue weighted by molar-refractivity contribution is 5.53. The second kappa shape index (κ2) is 5.77. The molecule has 2 aromatic heterocycles. The van der Waals surface area contributed by atoms with Crippen LogP contribution < -0.4 is 0 Å². The van der Waals surface area contributed by atoms with E-state index in [9.17, 15) is 0 Å². The average molecular weight is 336 g/mol. The van der Waals surface area contributed by atoms with Crippen molar-refractivity contribution in [3.8, 4) is 11.5 Å². The Hall–Kier alpha value is -2.54. The van der Waals surface area contributed by atoms with Gasteiger partial charge in [0, 0.05) is 24.6 Å². The molecule has 3 heterocycles. The highest BCUT2D eigenvalue weighted by Crippen LogP contribution is 2.39. The van der Waals surface area contributed by atoms with E-state index in [0.717, 1.165) is 31.0 Å². The third kappa shape index (κ3) is 2.84. The molecule has 0 spiro atoms. The van der Waals surface area contributed by atoms with Gasteiger partial charge in [-0.2, -0.15) is 4.98 Å². The van der Waals surface area contributed by atoms with Crippen molar-refractivity contribution in [2.75, 3.05) is 6.54 Å². The summed E-state index contributed by atoms with van der Waals surface area (Å²) in [7, 11) is 0. The predicted octanol–water partition coefficient (Wildman–Crippen LogP) is 2.53. The highest BCUT2D eigenvalue weighted by Gasteiger charge is 2.32. The van der Waals surface area contributed by atoms with Gasteiger partial charge in [0.1, 0.15) is 11.6 Å². The number of rotatable bonds is 4. The minimum atomic E-state index is 0.575. The Morgan fingerprint density at radius 2 is 1.96 bits per heavy atom. The second-order valence-electron chi connectivity index (χ2n) is 6.99. The van der Waals surface area contributed by atoms with Crippen molar-refractivity contribution in [2.45, 2.75) is 45.3 Å². The zero-order chi connectivity index (χ0) is 16.8. The van der Waals surface area contributed by atoms with Crippen LogP contribution in [0.1, 0.15) is 41.8 Å². The van der Waals surface area contributed by atoms with Gasteiger partial charge < -0.3 is 9.09 Å². The maximum absolute atomic E-state index is 5.42. The Morgan fingerprint density at radius 3 is 2.76 bits per heavy atom. The third-order valence-corrected chi connectivity index (χ3v) is 4.94. The molecule has 1 aliphatic heterocycles. The molecule has 5 rings (SSSR count). The van der Waals surface area contributed by atoms with E-state index in [1.54, 1.807) is 0 Å². The fourth-order valence-corrected chi connectivity index (χ4v) is 3.34. The van der Waals surface area contributed by atoms with E-state index in [0.29, 0.717) is 24.2 Å². The molecule has 0 bridgehead atoms. The molecule has 0 radical (unpaired) electrons. The van der Waals surface area contributed by atoms with Gasteiger partial charge in [-0.25, -0.2) is 0 Å². The number of aryl methyl sites for hydroxylation is 1. The maximum Gasteiger partial charge on any atom is 0.257 e. The molecule has 1 aliphatic carbocycles. The summed E-state index contributed by atoms with van der Waals surface area (Å²) in [6, 6.07) is 8.12. The molecule has 0 saturated heterocycles. The van der Waals surface area contributed by atoms with Crippen LogP contribution in [0.25, 0.3) is 11.5 Å². The number of aromatic nitrogens is 5. The monoisotopic (exact) mass is 336 g/mol. The Morgan fingerprint density at radius 1 is 1.12 bits per heavy atom. The molecule has 128 valence electrons. The molecule has 25 heavy (non-hydrogen) atoms. The molecule has 7 nitrogen and oxygen atoms in total. The zero-order valence-electron chi connectivity index (χ0n) is 14.2. The van der Waals surface area contributed by atoms with Gasteiger partial charge in [-0.05, 0) is 31.9 Å². The minimum absolute atomic E-state index is 0.575. The van der Waals surface area contributed by atoms with Crippen molar-refractivity contribution in [2.24, 2.45) is 0 Å². The molecule has 0 amide bonds. The summed E-state index contributed by atoms with van der Waals surface area (Å²) < 4.78 is 7.72. The van der Waals surface area contributed by atoms with Crippen molar-refractivity contribution in [1.82, 2.24) is 29.8 Å². The first-order valence-electron chi connectivity index (χ1n) is 8.80. The Labute approximate surface area is 145 Å². The quantitative estimate of drug-likeness (QED) is 0.729. The second-order valence-corrected chi connectivity index (χ2v) is 6.99. The van der Waals surface area contributed by atoms with Crippen molar-refractivity contribution < 1.29 is 4.52 Å². The summed E-state index contributed by atoms with van der Waals surface area (Å²) in [4.78, 5) is 6.84. The third-order valence-electron chi connectivity index (χ3n) is 4.94. The Bertz CT molecular complexity index is 893. The largest absolute Gasteiger partial charge is 0.334 e. The van der Waals surface area contributed by atoms with Crippen molar-refractivity contribution >= 4 is 0 Å². The molecule has 1 aromatic carbocycles. The highest BCUT2D eigenvalue weighted by atomic mass is 16.5. The molecule has 7 heteroatoms. The SMILES string of the molecule is Cc1ccc(-c2nc(CN3CCn4c(nnc4C4CC4)C3)no2)cc1. The summed E-state index contributed by atoms with van der Waals surface area (Å²) in [6.45, 7) is 5.41. The molecule has 2 aliphatic rings. The lowest BCUT2D eigenvalue weighted by atomic mass is 10.1. The van der Waals surface area contributed by atoms with E-state index < -0.39 is 0 Å². The van der Waals surface area contributed by atoms with Gasteiger partial charge in [0.15, 0.2) is 5.82 Å². The van der Waals surface area contributed by atoms with Crippen LogP contribution in [0.5, 0.6) is 0 Å². The van der Waals surface area contributed by atoms with Crippen molar-refractivity contribution in [3.05, 3.63) is 47.3 Å². The van der Waals surface area contributed by atoms with Gasteiger partial charge in [-0.15, -0.1) is 10.2 Å². The topological polar surface area (TPSA) is 72.9 Å². The molecular formula is C18H20N6O. The molecule has 1 saturated carbocycles. The standard InChI is InChI=1S/C18H20N6O/c1-12-2-4-14(5-3-12)18-19-15(22-25-18)10-23-8-9-24-16(11-23)20-21-17(24)13-6-7-13/h2-5,13H,6-11H2,1H3. The van der Waals surface area contributed by atoms with E-state index in [4.69, 9.17) is 4.52 Å². The smallest absolute Gasteiger partial charge is 0.257 e. The van der Waals surface area contributed by atoms with Crippen LogP contribution >= 0.6 is 0 Å². The molecule has 0 unspecified atom stereocenters. The fraction of sp³-hybridized carbons (Fsp3) is 0.444. The van der Waals surface area contributed by atoms with Gasteiger partial charge in [0.05, 0.1) is 13.1 Å². The molecule has 0 N–H and O–H groups in total. The summed E-state index contributed by atoms with van der Waals surface area (Å²) in [5.74, 6) is 4.16. The lowest BCUT2D eigenvalue weighted by Crippen LogP contribution is -2.34. The van der Waals surface area contributed by atoms with E-state index in [1.807, 2.05) is 24.3 Å². The minimum Gasteiger partial charge on any atom is -0.334 e. The number of hydrogen-bond donors (Lipinski definition) is 0. The van der Waals surface area contributed by atoms with Crippen LogP contribution in [0.15, 0.2) is 28.8 Å². The van der Waals surface area contributed by atoms with Crippen LogP contribution in [0.2, 0.25) is 0 Å². The first-order valence-corrected chi connectivity index (χ1v) is 8.80. The summed E-state index contributed by atoms with van der Waals surface area (Å²) >= 11 is 0. The van der Waals surface area contributed by atoms with Crippen LogP contribution in [-0.2, 0) is 19.6 Å². The van der Waals surface area contributed by atoms with Gasteiger partial charge in [0.2, 0.25) is 0 Å². The van der Waals surface area contributed by atoms with Crippen LogP contribution in [0.3, 0.4) is 0 Å². The summed E-state index contributed by atoms with van der Waals surface area (Å²) in [5, 5.41) is 12.9. The molecule has 1 fully saturated rings.